The smallest absolute Gasteiger partial charge is 0.343 e. The summed E-state index contributed by atoms with van der Waals surface area (Å²) in [6, 6.07) is 10.5. The molecule has 0 heterocycles. The molecule has 122 valence electrons. The lowest BCUT2D eigenvalue weighted by molar-refractivity contribution is 0.0733. The summed E-state index contributed by atoms with van der Waals surface area (Å²) in [4.78, 5) is 12.2. The minimum Gasteiger partial charge on any atom is -0.423 e. The summed E-state index contributed by atoms with van der Waals surface area (Å²) in [7, 11) is -3.54. The van der Waals surface area contributed by atoms with E-state index in [1.807, 2.05) is 0 Å². The second-order valence-electron chi connectivity index (χ2n) is 4.83. The van der Waals surface area contributed by atoms with Gasteiger partial charge in [0, 0.05) is 11.6 Å². The van der Waals surface area contributed by atoms with Gasteiger partial charge in [0.05, 0.1) is 10.5 Å². The highest BCUT2D eigenvalue weighted by molar-refractivity contribution is 7.89. The van der Waals surface area contributed by atoms with Gasteiger partial charge < -0.3 is 4.74 Å². The first kappa shape index (κ1) is 17.5. The number of carbonyl (C=O) groups excluding carboxylic acids is 1. The largest absolute Gasteiger partial charge is 0.423 e. The second kappa shape index (κ2) is 7.12. The number of esters is 1. The molecule has 0 saturated carbocycles. The number of rotatable bonds is 5. The van der Waals surface area contributed by atoms with E-state index in [-0.39, 0.29) is 10.5 Å². The highest BCUT2D eigenvalue weighted by atomic mass is 35.5. The standard InChI is InChI=1S/C16H16ClNO4S/c1-3-18-23(20,21)14-7-4-12(5-8-14)16(19)22-15-9-6-13(17)10-11(15)2/h4-10,18H,3H2,1-2H3. The number of sulfonamides is 1. The van der Waals surface area contributed by atoms with E-state index < -0.39 is 16.0 Å². The minimum atomic E-state index is -3.54. The molecule has 1 N–H and O–H groups in total. The number of hydrogen-bond acceptors (Lipinski definition) is 4. The van der Waals surface area contributed by atoms with Crippen LogP contribution in [0.3, 0.4) is 0 Å². The van der Waals surface area contributed by atoms with E-state index in [2.05, 4.69) is 4.72 Å². The predicted octanol–water partition coefficient (Wildman–Crippen LogP) is 3.17. The van der Waals surface area contributed by atoms with Gasteiger partial charge in [-0.25, -0.2) is 17.9 Å². The molecule has 2 aromatic rings. The number of halogens is 1. The van der Waals surface area contributed by atoms with Crippen molar-refractivity contribution in [2.24, 2.45) is 0 Å². The molecular weight excluding hydrogens is 338 g/mol. The van der Waals surface area contributed by atoms with Crippen LogP contribution in [0.4, 0.5) is 0 Å². The van der Waals surface area contributed by atoms with Gasteiger partial charge in [0.15, 0.2) is 0 Å². The van der Waals surface area contributed by atoms with Crippen LogP contribution in [0.5, 0.6) is 5.75 Å². The molecule has 2 aromatic carbocycles. The van der Waals surface area contributed by atoms with Crippen LogP contribution in [0.25, 0.3) is 0 Å². The highest BCUT2D eigenvalue weighted by Crippen LogP contribution is 2.23. The Bertz CT molecular complexity index is 816. The van der Waals surface area contributed by atoms with Gasteiger partial charge in [0.25, 0.3) is 0 Å². The van der Waals surface area contributed by atoms with Crippen molar-refractivity contribution in [2.75, 3.05) is 6.54 Å². The molecule has 0 spiro atoms. The van der Waals surface area contributed by atoms with E-state index in [1.54, 1.807) is 32.0 Å². The number of ether oxygens (including phenoxy) is 1. The fourth-order valence-electron chi connectivity index (χ4n) is 1.93. The molecular formula is C16H16ClNO4S. The molecule has 0 saturated heterocycles. The second-order valence-corrected chi connectivity index (χ2v) is 7.03. The highest BCUT2D eigenvalue weighted by Gasteiger charge is 2.15. The Balaban J connectivity index is 2.17. The lowest BCUT2D eigenvalue weighted by Crippen LogP contribution is -2.23. The quantitative estimate of drug-likeness (QED) is 0.662. The molecule has 0 unspecified atom stereocenters. The first-order chi connectivity index (χ1) is 10.8. The van der Waals surface area contributed by atoms with E-state index in [1.165, 1.54) is 24.3 Å². The van der Waals surface area contributed by atoms with Crippen molar-refractivity contribution in [1.29, 1.82) is 0 Å². The zero-order valence-electron chi connectivity index (χ0n) is 12.7. The molecule has 2 rings (SSSR count). The number of nitrogens with one attached hydrogen (secondary N) is 1. The van der Waals surface area contributed by atoms with Gasteiger partial charge in [-0.2, -0.15) is 0 Å². The summed E-state index contributed by atoms with van der Waals surface area (Å²) in [6.45, 7) is 3.76. The first-order valence-corrected chi connectivity index (χ1v) is 8.77. The van der Waals surface area contributed by atoms with Crippen molar-refractivity contribution in [3.8, 4) is 5.75 Å². The van der Waals surface area contributed by atoms with Gasteiger partial charge in [0.1, 0.15) is 5.75 Å². The van der Waals surface area contributed by atoms with Crippen LogP contribution in [0, 0.1) is 6.92 Å². The lowest BCUT2D eigenvalue weighted by atomic mass is 10.2. The molecule has 0 aliphatic rings. The zero-order chi connectivity index (χ0) is 17.0. The fourth-order valence-corrected chi connectivity index (χ4v) is 3.20. The van der Waals surface area contributed by atoms with E-state index >= 15 is 0 Å². The van der Waals surface area contributed by atoms with E-state index in [4.69, 9.17) is 16.3 Å². The maximum absolute atomic E-state index is 12.1. The summed E-state index contributed by atoms with van der Waals surface area (Å²) in [6.07, 6.45) is 0. The summed E-state index contributed by atoms with van der Waals surface area (Å²) < 4.78 is 31.4. The normalized spacial score (nSPS) is 11.3. The number of aryl methyl sites for hydroxylation is 1. The van der Waals surface area contributed by atoms with Crippen molar-refractivity contribution >= 4 is 27.6 Å². The molecule has 0 bridgehead atoms. The van der Waals surface area contributed by atoms with E-state index in [0.29, 0.717) is 17.3 Å². The van der Waals surface area contributed by atoms with E-state index in [9.17, 15) is 13.2 Å². The fraction of sp³-hybridized carbons (Fsp3) is 0.188. The van der Waals surface area contributed by atoms with Crippen LogP contribution in [0.1, 0.15) is 22.8 Å². The molecule has 0 atom stereocenters. The van der Waals surface area contributed by atoms with E-state index in [0.717, 1.165) is 5.56 Å². The lowest BCUT2D eigenvalue weighted by Gasteiger charge is -2.08. The zero-order valence-corrected chi connectivity index (χ0v) is 14.2. The van der Waals surface area contributed by atoms with Gasteiger partial charge >= 0.3 is 5.97 Å². The molecule has 7 heteroatoms. The average Bonchev–Trinajstić information content (AvgIpc) is 2.50. The SMILES string of the molecule is CCNS(=O)(=O)c1ccc(C(=O)Oc2ccc(Cl)cc2C)cc1. The Kier molecular flexibility index (Phi) is 5.41. The Morgan fingerprint density at radius 2 is 1.83 bits per heavy atom. The average molecular weight is 354 g/mol. The van der Waals surface area contributed by atoms with Crippen molar-refractivity contribution < 1.29 is 17.9 Å². The summed E-state index contributed by atoms with van der Waals surface area (Å²) in [5.74, 6) is -0.161. The third-order valence-electron chi connectivity index (χ3n) is 3.07. The van der Waals surface area contributed by atoms with Crippen LogP contribution >= 0.6 is 11.6 Å². The van der Waals surface area contributed by atoms with Crippen molar-refractivity contribution in [2.45, 2.75) is 18.7 Å². The maximum atomic E-state index is 12.1. The maximum Gasteiger partial charge on any atom is 0.343 e. The number of hydrogen-bond donors (Lipinski definition) is 1. The summed E-state index contributed by atoms with van der Waals surface area (Å²) in [5, 5.41) is 0.556. The predicted molar refractivity (Wildman–Crippen MR) is 88.5 cm³/mol. The van der Waals surface area contributed by atoms with Gasteiger partial charge in [-0.1, -0.05) is 18.5 Å². The first-order valence-electron chi connectivity index (χ1n) is 6.91. The van der Waals surface area contributed by atoms with Crippen LogP contribution in [-0.4, -0.2) is 20.9 Å². The molecule has 0 radical (unpaired) electrons. The number of benzene rings is 2. The van der Waals surface area contributed by atoms with Crippen molar-refractivity contribution in [3.05, 3.63) is 58.6 Å². The molecule has 0 aliphatic heterocycles. The third-order valence-corrected chi connectivity index (χ3v) is 4.87. The Morgan fingerprint density at radius 1 is 1.17 bits per heavy atom. The molecule has 23 heavy (non-hydrogen) atoms. The molecule has 0 aromatic heterocycles. The van der Waals surface area contributed by atoms with Gasteiger partial charge in [-0.05, 0) is 55.0 Å². The van der Waals surface area contributed by atoms with Crippen LogP contribution in [-0.2, 0) is 10.0 Å². The molecule has 0 aliphatic carbocycles. The van der Waals surface area contributed by atoms with Crippen molar-refractivity contribution in [1.82, 2.24) is 4.72 Å². The molecule has 5 nitrogen and oxygen atoms in total. The Morgan fingerprint density at radius 3 is 2.39 bits per heavy atom. The Hall–Kier alpha value is -1.89. The van der Waals surface area contributed by atoms with Crippen LogP contribution in [0.2, 0.25) is 5.02 Å². The molecule has 0 amide bonds. The Labute approximate surface area is 140 Å². The van der Waals surface area contributed by atoms with Crippen LogP contribution in [0.15, 0.2) is 47.4 Å². The van der Waals surface area contributed by atoms with Crippen molar-refractivity contribution in [3.63, 3.8) is 0 Å². The van der Waals surface area contributed by atoms with Gasteiger partial charge in [0.2, 0.25) is 10.0 Å². The van der Waals surface area contributed by atoms with Gasteiger partial charge in [-0.15, -0.1) is 0 Å². The van der Waals surface area contributed by atoms with Gasteiger partial charge in [-0.3, -0.25) is 0 Å². The number of carbonyl (C=O) groups is 1. The monoisotopic (exact) mass is 353 g/mol. The summed E-state index contributed by atoms with van der Waals surface area (Å²) >= 11 is 5.85. The summed E-state index contributed by atoms with van der Waals surface area (Å²) in [5.41, 5.74) is 0.993. The third kappa shape index (κ3) is 4.31. The van der Waals surface area contributed by atoms with Crippen LogP contribution < -0.4 is 9.46 Å². The topological polar surface area (TPSA) is 72.5 Å². The molecule has 0 fully saturated rings. The minimum absolute atomic E-state index is 0.0959.